The maximum atomic E-state index is 13.9. The van der Waals surface area contributed by atoms with Crippen LogP contribution in [0.4, 0.5) is 10.2 Å². The molecule has 0 fully saturated rings. The van der Waals surface area contributed by atoms with E-state index in [0.29, 0.717) is 11.4 Å². The predicted molar refractivity (Wildman–Crippen MR) is 84.7 cm³/mol. The third kappa shape index (κ3) is 3.39. The minimum absolute atomic E-state index is 0.145. The van der Waals surface area contributed by atoms with E-state index in [1.165, 1.54) is 0 Å². The number of hydrogen-bond acceptors (Lipinski definition) is 3. The summed E-state index contributed by atoms with van der Waals surface area (Å²) in [5.74, 6) is 0.292. The van der Waals surface area contributed by atoms with Gasteiger partial charge in [-0.1, -0.05) is 19.1 Å². The number of aryl methyl sites for hydroxylation is 2. The van der Waals surface area contributed by atoms with E-state index in [2.05, 4.69) is 17.2 Å². The van der Waals surface area contributed by atoms with Crippen molar-refractivity contribution in [2.24, 2.45) is 0 Å². The van der Waals surface area contributed by atoms with E-state index in [1.54, 1.807) is 25.3 Å². The molecule has 0 aliphatic rings. The van der Waals surface area contributed by atoms with E-state index in [9.17, 15) is 4.39 Å². The summed E-state index contributed by atoms with van der Waals surface area (Å²) in [6.07, 6.45) is 2.69. The molecule has 2 rings (SSSR count). The van der Waals surface area contributed by atoms with E-state index in [1.807, 2.05) is 19.1 Å². The summed E-state index contributed by atoms with van der Waals surface area (Å²) in [4.78, 5) is 4.18. The van der Waals surface area contributed by atoms with Gasteiger partial charge in [-0.2, -0.15) is 0 Å². The highest BCUT2D eigenvalue weighted by Gasteiger charge is 2.19. The van der Waals surface area contributed by atoms with E-state index in [0.717, 1.165) is 29.7 Å². The normalized spacial score (nSPS) is 12.4. The van der Waals surface area contributed by atoms with E-state index < -0.39 is 0 Å². The summed E-state index contributed by atoms with van der Waals surface area (Å²) >= 11 is 0. The molecule has 0 spiro atoms. The molecule has 3 N–H and O–H groups in total. The van der Waals surface area contributed by atoms with Crippen molar-refractivity contribution in [2.75, 3.05) is 12.3 Å². The van der Waals surface area contributed by atoms with Gasteiger partial charge in [-0.25, -0.2) is 9.37 Å². The molecule has 1 atom stereocenters. The van der Waals surface area contributed by atoms with Crippen molar-refractivity contribution >= 4 is 5.82 Å². The molecule has 0 saturated heterocycles. The van der Waals surface area contributed by atoms with Gasteiger partial charge in [-0.05, 0) is 55.6 Å². The molecular weight excluding hydrogens is 265 g/mol. The Morgan fingerprint density at radius 2 is 2.00 bits per heavy atom. The van der Waals surface area contributed by atoms with Crippen LogP contribution in [-0.2, 0) is 0 Å². The topological polar surface area (TPSA) is 50.9 Å². The number of pyridine rings is 1. The number of halogens is 1. The van der Waals surface area contributed by atoms with Crippen LogP contribution in [0.3, 0.4) is 0 Å². The zero-order chi connectivity index (χ0) is 15.4. The third-order valence-corrected chi connectivity index (χ3v) is 3.66. The van der Waals surface area contributed by atoms with Crippen molar-refractivity contribution in [3.63, 3.8) is 0 Å². The number of aromatic nitrogens is 1. The second-order valence-corrected chi connectivity index (χ2v) is 5.32. The molecule has 0 saturated carbocycles. The number of nitrogens with two attached hydrogens (primary N) is 1. The van der Waals surface area contributed by atoms with Crippen LogP contribution in [0.2, 0.25) is 0 Å². The van der Waals surface area contributed by atoms with Crippen LogP contribution >= 0.6 is 0 Å². The van der Waals surface area contributed by atoms with Gasteiger partial charge in [-0.3, -0.25) is 0 Å². The molecule has 0 amide bonds. The minimum atomic E-state index is -0.198. The van der Waals surface area contributed by atoms with Crippen molar-refractivity contribution < 1.29 is 4.39 Å². The predicted octanol–water partition coefficient (Wildman–Crippen LogP) is 3.51. The summed E-state index contributed by atoms with van der Waals surface area (Å²) in [6.45, 7) is 6.68. The minimum Gasteiger partial charge on any atom is -0.383 e. The van der Waals surface area contributed by atoms with Gasteiger partial charge in [0.2, 0.25) is 0 Å². The molecule has 2 aromatic rings. The molecule has 0 aliphatic carbocycles. The summed E-state index contributed by atoms with van der Waals surface area (Å²) < 4.78 is 13.9. The smallest absolute Gasteiger partial charge is 0.128 e. The molecular formula is C17H22FN3. The first-order chi connectivity index (χ1) is 10.0. The van der Waals surface area contributed by atoms with E-state index in [-0.39, 0.29) is 11.9 Å². The second-order valence-electron chi connectivity index (χ2n) is 5.32. The van der Waals surface area contributed by atoms with Crippen LogP contribution in [0.1, 0.15) is 41.6 Å². The zero-order valence-corrected chi connectivity index (χ0v) is 12.8. The van der Waals surface area contributed by atoms with Crippen molar-refractivity contribution in [1.29, 1.82) is 0 Å². The van der Waals surface area contributed by atoms with Gasteiger partial charge in [0.05, 0.1) is 6.04 Å². The molecule has 1 heterocycles. The standard InChI is InChI=1S/C17H22FN3/c1-4-8-20-16(13-6-5-11(2)14(18)10-13)15-12(3)7-9-21-17(15)19/h5-7,9-10,16,20H,4,8H2,1-3H3,(H2,19,21). The van der Waals surface area contributed by atoms with Crippen LogP contribution in [-0.4, -0.2) is 11.5 Å². The van der Waals surface area contributed by atoms with Gasteiger partial charge in [0.15, 0.2) is 0 Å². The van der Waals surface area contributed by atoms with Gasteiger partial charge in [0, 0.05) is 11.8 Å². The van der Waals surface area contributed by atoms with E-state index in [4.69, 9.17) is 5.73 Å². The highest BCUT2D eigenvalue weighted by molar-refractivity contribution is 5.50. The molecule has 0 aliphatic heterocycles. The number of nitrogen functional groups attached to an aromatic ring is 1. The molecule has 1 aromatic carbocycles. The molecule has 4 heteroatoms. The molecule has 1 unspecified atom stereocenters. The fourth-order valence-corrected chi connectivity index (χ4v) is 2.43. The summed E-state index contributed by atoms with van der Waals surface area (Å²) in [7, 11) is 0. The Labute approximate surface area is 125 Å². The number of rotatable bonds is 5. The Morgan fingerprint density at radius 1 is 1.24 bits per heavy atom. The van der Waals surface area contributed by atoms with Gasteiger partial charge in [0.25, 0.3) is 0 Å². The van der Waals surface area contributed by atoms with Crippen LogP contribution < -0.4 is 11.1 Å². The second kappa shape index (κ2) is 6.68. The van der Waals surface area contributed by atoms with Crippen molar-refractivity contribution in [1.82, 2.24) is 10.3 Å². The van der Waals surface area contributed by atoms with Crippen molar-refractivity contribution in [2.45, 2.75) is 33.2 Å². The first-order valence-corrected chi connectivity index (χ1v) is 7.25. The van der Waals surface area contributed by atoms with Crippen LogP contribution in [0.25, 0.3) is 0 Å². The molecule has 0 radical (unpaired) electrons. The molecule has 3 nitrogen and oxygen atoms in total. The Kier molecular flexibility index (Phi) is 4.91. The number of nitrogens with zero attached hydrogens (tertiary/aromatic N) is 1. The highest BCUT2D eigenvalue weighted by atomic mass is 19.1. The van der Waals surface area contributed by atoms with E-state index >= 15 is 0 Å². The lowest BCUT2D eigenvalue weighted by Gasteiger charge is -2.23. The lowest BCUT2D eigenvalue weighted by atomic mass is 9.94. The van der Waals surface area contributed by atoms with Gasteiger partial charge >= 0.3 is 0 Å². The molecule has 1 aromatic heterocycles. The third-order valence-electron chi connectivity index (χ3n) is 3.66. The zero-order valence-electron chi connectivity index (χ0n) is 12.8. The van der Waals surface area contributed by atoms with Crippen molar-refractivity contribution in [3.8, 4) is 0 Å². The van der Waals surface area contributed by atoms with Crippen LogP contribution in [0, 0.1) is 19.7 Å². The monoisotopic (exact) mass is 287 g/mol. The SMILES string of the molecule is CCCNC(c1ccc(C)c(F)c1)c1c(C)ccnc1N. The van der Waals surface area contributed by atoms with Gasteiger partial charge in [0.1, 0.15) is 11.6 Å². The van der Waals surface area contributed by atoms with Crippen LogP contribution in [0.15, 0.2) is 30.5 Å². The number of anilines is 1. The Balaban J connectivity index is 2.49. The number of hydrogen-bond donors (Lipinski definition) is 2. The average molecular weight is 287 g/mol. The lowest BCUT2D eigenvalue weighted by molar-refractivity contribution is 0.581. The van der Waals surface area contributed by atoms with Gasteiger partial charge < -0.3 is 11.1 Å². The summed E-state index contributed by atoms with van der Waals surface area (Å²) in [5.41, 5.74) is 9.54. The summed E-state index contributed by atoms with van der Waals surface area (Å²) in [6, 6.07) is 7.10. The Hall–Kier alpha value is -1.94. The van der Waals surface area contributed by atoms with Crippen molar-refractivity contribution in [3.05, 3.63) is 58.5 Å². The highest BCUT2D eigenvalue weighted by Crippen LogP contribution is 2.29. The first-order valence-electron chi connectivity index (χ1n) is 7.25. The molecule has 21 heavy (non-hydrogen) atoms. The lowest BCUT2D eigenvalue weighted by Crippen LogP contribution is -2.25. The average Bonchev–Trinajstić information content (AvgIpc) is 2.45. The fraction of sp³-hybridized carbons (Fsp3) is 0.353. The fourth-order valence-electron chi connectivity index (χ4n) is 2.43. The number of nitrogens with one attached hydrogen (secondary N) is 1. The first kappa shape index (κ1) is 15.4. The quantitative estimate of drug-likeness (QED) is 0.884. The molecule has 0 bridgehead atoms. The number of benzene rings is 1. The van der Waals surface area contributed by atoms with Crippen LogP contribution in [0.5, 0.6) is 0 Å². The molecule has 112 valence electrons. The maximum Gasteiger partial charge on any atom is 0.128 e. The Morgan fingerprint density at radius 3 is 2.62 bits per heavy atom. The van der Waals surface area contributed by atoms with Gasteiger partial charge in [-0.15, -0.1) is 0 Å². The Bertz CT molecular complexity index is 605. The maximum absolute atomic E-state index is 13.9. The summed E-state index contributed by atoms with van der Waals surface area (Å²) in [5, 5.41) is 3.44. The largest absolute Gasteiger partial charge is 0.383 e.